The molecule has 0 aromatic heterocycles. The fourth-order valence-electron chi connectivity index (χ4n) is 6.40. The van der Waals surface area contributed by atoms with Gasteiger partial charge in [-0.05, 0) is 78.9 Å². The molecule has 0 radical (unpaired) electrons. The Labute approximate surface area is 190 Å². The van der Waals surface area contributed by atoms with Crippen molar-refractivity contribution in [1.82, 2.24) is 0 Å². The highest BCUT2D eigenvalue weighted by atomic mass is 19.2. The van der Waals surface area contributed by atoms with E-state index in [-0.39, 0.29) is 17.1 Å². The van der Waals surface area contributed by atoms with E-state index < -0.39 is 17.5 Å². The van der Waals surface area contributed by atoms with E-state index in [1.165, 1.54) is 71.0 Å². The standard InChI is InChI=1S/C28H37F3O/c1-3-4-5-6-7-8-18-9-10-20-16-21(12-11-19(20)15-18)23-17-22-13-14-24(32-2)27(30)25(22)28(31)26(23)29/h13-14,17-21H,3-12,15-16H2,1-2H3/t18?,19-,20?,21-/m1/s1. The fourth-order valence-corrected chi connectivity index (χ4v) is 6.40. The summed E-state index contributed by atoms with van der Waals surface area (Å²) >= 11 is 0. The molecule has 4 heteroatoms. The number of rotatable bonds is 8. The third-order valence-electron chi connectivity index (χ3n) is 8.21. The molecule has 0 aliphatic heterocycles. The highest BCUT2D eigenvalue weighted by Gasteiger charge is 2.37. The molecular formula is C28H37F3O. The SMILES string of the molecule is CCCCCCCC1CCC2C[C@H](c3cc4ccc(OC)c(F)c4c(F)c3F)CC[C@@H]2C1. The zero-order valence-electron chi connectivity index (χ0n) is 19.6. The first-order chi connectivity index (χ1) is 15.5. The first-order valence-electron chi connectivity index (χ1n) is 12.7. The number of ether oxygens (including phenoxy) is 1. The normalized spacial score (nSPS) is 25.7. The van der Waals surface area contributed by atoms with Crippen molar-refractivity contribution >= 4 is 10.8 Å². The summed E-state index contributed by atoms with van der Waals surface area (Å²) in [5.41, 5.74) is 0.427. The van der Waals surface area contributed by atoms with Crippen LogP contribution in [0.4, 0.5) is 13.2 Å². The smallest absolute Gasteiger partial charge is 0.175 e. The summed E-state index contributed by atoms with van der Waals surface area (Å²) in [6.45, 7) is 2.26. The molecule has 2 aromatic carbocycles. The Morgan fingerprint density at radius 1 is 0.844 bits per heavy atom. The van der Waals surface area contributed by atoms with Gasteiger partial charge in [0.2, 0.25) is 0 Å². The van der Waals surface area contributed by atoms with Gasteiger partial charge in [-0.3, -0.25) is 0 Å². The molecule has 0 saturated heterocycles. The van der Waals surface area contributed by atoms with Crippen molar-refractivity contribution < 1.29 is 17.9 Å². The lowest BCUT2D eigenvalue weighted by molar-refractivity contribution is 0.112. The second-order valence-electron chi connectivity index (χ2n) is 10.2. The number of fused-ring (bicyclic) bond motifs is 2. The van der Waals surface area contributed by atoms with Gasteiger partial charge in [0.25, 0.3) is 0 Å². The predicted molar refractivity (Wildman–Crippen MR) is 125 cm³/mol. The molecule has 0 bridgehead atoms. The van der Waals surface area contributed by atoms with Gasteiger partial charge >= 0.3 is 0 Å². The van der Waals surface area contributed by atoms with Gasteiger partial charge in [0.05, 0.1) is 12.5 Å². The average molecular weight is 447 g/mol. The number of benzene rings is 2. The van der Waals surface area contributed by atoms with Crippen LogP contribution >= 0.6 is 0 Å². The topological polar surface area (TPSA) is 9.23 Å². The minimum absolute atomic E-state index is 0.0194. The second-order valence-corrected chi connectivity index (χ2v) is 10.2. The quantitative estimate of drug-likeness (QED) is 0.368. The summed E-state index contributed by atoms with van der Waals surface area (Å²) in [7, 11) is 1.33. The maximum absolute atomic E-state index is 15.1. The second kappa shape index (κ2) is 10.5. The van der Waals surface area contributed by atoms with Gasteiger partial charge in [0.15, 0.2) is 23.2 Å². The molecule has 0 heterocycles. The highest BCUT2D eigenvalue weighted by Crippen LogP contribution is 2.49. The lowest BCUT2D eigenvalue weighted by atomic mass is 9.63. The maximum Gasteiger partial charge on any atom is 0.175 e. The minimum atomic E-state index is -1.08. The molecule has 0 spiro atoms. The monoisotopic (exact) mass is 446 g/mol. The average Bonchev–Trinajstić information content (AvgIpc) is 2.81. The molecule has 32 heavy (non-hydrogen) atoms. The van der Waals surface area contributed by atoms with Crippen LogP contribution in [0.15, 0.2) is 18.2 Å². The van der Waals surface area contributed by atoms with E-state index in [4.69, 9.17) is 4.74 Å². The van der Waals surface area contributed by atoms with Crippen molar-refractivity contribution in [2.24, 2.45) is 17.8 Å². The van der Waals surface area contributed by atoms with Gasteiger partial charge in [-0.1, -0.05) is 57.9 Å². The van der Waals surface area contributed by atoms with Crippen molar-refractivity contribution in [2.45, 2.75) is 89.9 Å². The van der Waals surface area contributed by atoms with Gasteiger partial charge < -0.3 is 4.74 Å². The maximum atomic E-state index is 15.1. The zero-order valence-corrected chi connectivity index (χ0v) is 19.6. The Kier molecular flexibility index (Phi) is 7.68. The molecule has 2 aliphatic rings. The van der Waals surface area contributed by atoms with Crippen LogP contribution in [0.2, 0.25) is 0 Å². The van der Waals surface area contributed by atoms with E-state index >= 15 is 4.39 Å². The van der Waals surface area contributed by atoms with Crippen LogP contribution in [0.5, 0.6) is 5.75 Å². The summed E-state index contributed by atoms with van der Waals surface area (Å²) in [5.74, 6) is -0.646. The molecular weight excluding hydrogens is 409 g/mol. The van der Waals surface area contributed by atoms with Crippen LogP contribution in [0.3, 0.4) is 0 Å². The summed E-state index contributed by atoms with van der Waals surface area (Å²) < 4.78 is 49.5. The van der Waals surface area contributed by atoms with E-state index in [0.29, 0.717) is 16.9 Å². The Bertz CT molecular complexity index is 925. The Morgan fingerprint density at radius 3 is 2.38 bits per heavy atom. The largest absolute Gasteiger partial charge is 0.494 e. The molecule has 2 aliphatic carbocycles. The third-order valence-corrected chi connectivity index (χ3v) is 8.21. The van der Waals surface area contributed by atoms with Gasteiger partial charge in [-0.2, -0.15) is 0 Å². The molecule has 0 amide bonds. The van der Waals surface area contributed by atoms with Crippen LogP contribution in [0.25, 0.3) is 10.8 Å². The summed E-state index contributed by atoms with van der Waals surface area (Å²) in [6, 6.07) is 4.78. The first kappa shape index (κ1) is 23.4. The van der Waals surface area contributed by atoms with Crippen molar-refractivity contribution in [3.05, 3.63) is 41.2 Å². The van der Waals surface area contributed by atoms with Crippen molar-refractivity contribution in [3.8, 4) is 5.75 Å². The van der Waals surface area contributed by atoms with E-state index in [1.54, 1.807) is 12.1 Å². The van der Waals surface area contributed by atoms with Gasteiger partial charge in [0, 0.05) is 0 Å². The molecule has 2 saturated carbocycles. The van der Waals surface area contributed by atoms with Gasteiger partial charge in [-0.15, -0.1) is 0 Å². The van der Waals surface area contributed by atoms with E-state index in [2.05, 4.69) is 6.92 Å². The van der Waals surface area contributed by atoms with E-state index in [1.807, 2.05) is 0 Å². The Morgan fingerprint density at radius 2 is 1.59 bits per heavy atom. The number of unbranched alkanes of at least 4 members (excludes halogenated alkanes) is 4. The van der Waals surface area contributed by atoms with Crippen LogP contribution in [0.1, 0.15) is 95.5 Å². The van der Waals surface area contributed by atoms with E-state index in [0.717, 1.165) is 31.1 Å². The molecule has 2 unspecified atom stereocenters. The number of hydrogen-bond acceptors (Lipinski definition) is 1. The number of halogens is 3. The zero-order chi connectivity index (χ0) is 22.7. The Hall–Kier alpha value is -1.71. The third kappa shape index (κ3) is 4.79. The van der Waals surface area contributed by atoms with Crippen LogP contribution in [0, 0.1) is 35.2 Å². The molecule has 4 rings (SSSR count). The predicted octanol–water partition coefficient (Wildman–Crippen LogP) is 8.93. The summed E-state index contributed by atoms with van der Waals surface area (Å²) in [4.78, 5) is 0. The lowest BCUT2D eigenvalue weighted by Gasteiger charge is -2.42. The molecule has 0 N–H and O–H groups in total. The number of hydrogen-bond donors (Lipinski definition) is 0. The fraction of sp³-hybridized carbons (Fsp3) is 0.643. The van der Waals surface area contributed by atoms with Crippen LogP contribution in [-0.4, -0.2) is 7.11 Å². The number of methoxy groups -OCH3 is 1. The van der Waals surface area contributed by atoms with Crippen molar-refractivity contribution in [2.75, 3.05) is 7.11 Å². The van der Waals surface area contributed by atoms with E-state index in [9.17, 15) is 8.78 Å². The van der Waals surface area contributed by atoms with Crippen molar-refractivity contribution in [3.63, 3.8) is 0 Å². The molecule has 176 valence electrons. The van der Waals surface area contributed by atoms with Crippen LogP contribution in [-0.2, 0) is 0 Å². The Balaban J connectivity index is 1.42. The van der Waals surface area contributed by atoms with Gasteiger partial charge in [0.1, 0.15) is 0 Å². The molecule has 4 atom stereocenters. The first-order valence-corrected chi connectivity index (χ1v) is 12.7. The highest BCUT2D eigenvalue weighted by molar-refractivity contribution is 5.86. The molecule has 1 nitrogen and oxygen atoms in total. The minimum Gasteiger partial charge on any atom is -0.494 e. The van der Waals surface area contributed by atoms with Crippen LogP contribution < -0.4 is 4.74 Å². The lowest BCUT2D eigenvalue weighted by Crippen LogP contribution is -2.30. The summed E-state index contributed by atoms with van der Waals surface area (Å²) in [6.07, 6.45) is 14.8. The van der Waals surface area contributed by atoms with Gasteiger partial charge in [-0.25, -0.2) is 13.2 Å². The molecule has 2 fully saturated rings. The van der Waals surface area contributed by atoms with Crippen molar-refractivity contribution in [1.29, 1.82) is 0 Å². The molecule has 2 aromatic rings. The summed E-state index contributed by atoms with van der Waals surface area (Å²) in [5, 5.41) is 0.102.